The maximum atomic E-state index is 13.7. The lowest BCUT2D eigenvalue weighted by Gasteiger charge is -2.48. The van der Waals surface area contributed by atoms with Gasteiger partial charge in [-0.3, -0.25) is 0 Å². The van der Waals surface area contributed by atoms with E-state index < -0.39 is 12.0 Å². The molecule has 4 aliphatic rings. The van der Waals surface area contributed by atoms with Gasteiger partial charge in [0.15, 0.2) is 0 Å². The van der Waals surface area contributed by atoms with Gasteiger partial charge in [-0.2, -0.15) is 0 Å². The molecule has 0 unspecified atom stereocenters. The van der Waals surface area contributed by atoms with E-state index in [4.69, 9.17) is 4.74 Å². The van der Waals surface area contributed by atoms with E-state index in [1.54, 1.807) is 18.2 Å². The fourth-order valence-electron chi connectivity index (χ4n) is 5.61. The zero-order valence-electron chi connectivity index (χ0n) is 19.0. The highest BCUT2D eigenvalue weighted by Gasteiger charge is 2.40. The number of carbonyl (C=O) groups is 2. The maximum Gasteiger partial charge on any atom is 0.337 e. The summed E-state index contributed by atoms with van der Waals surface area (Å²) in [6, 6.07) is 11.3. The highest BCUT2D eigenvalue weighted by atomic mass is 19.1. The van der Waals surface area contributed by atoms with E-state index in [1.807, 2.05) is 17.0 Å². The summed E-state index contributed by atoms with van der Waals surface area (Å²) in [5, 5.41) is 3.23. The molecule has 174 valence electrons. The number of benzene rings is 2. The third-order valence-electron chi connectivity index (χ3n) is 7.73. The summed E-state index contributed by atoms with van der Waals surface area (Å²) in [6.07, 6.45) is 4.07. The number of piperidine rings is 3. The first-order chi connectivity index (χ1) is 16.0. The first-order valence-corrected chi connectivity index (χ1v) is 11.7. The predicted octanol–water partition coefficient (Wildman–Crippen LogP) is 3.76. The predicted molar refractivity (Wildman–Crippen MR) is 123 cm³/mol. The van der Waals surface area contributed by atoms with Crippen LogP contribution in [0.1, 0.15) is 52.4 Å². The van der Waals surface area contributed by atoms with Crippen molar-refractivity contribution in [1.29, 1.82) is 0 Å². The van der Waals surface area contributed by atoms with Crippen LogP contribution in [0.3, 0.4) is 0 Å². The molecule has 2 aromatic rings. The van der Waals surface area contributed by atoms with Crippen molar-refractivity contribution in [3.8, 4) is 0 Å². The van der Waals surface area contributed by atoms with E-state index in [2.05, 4.69) is 10.2 Å². The topological polar surface area (TPSA) is 61.9 Å². The van der Waals surface area contributed by atoms with Crippen LogP contribution in [-0.2, 0) is 11.2 Å². The molecule has 4 heterocycles. The third-order valence-corrected chi connectivity index (χ3v) is 7.73. The van der Waals surface area contributed by atoms with Gasteiger partial charge < -0.3 is 19.9 Å². The van der Waals surface area contributed by atoms with Crippen molar-refractivity contribution >= 4 is 12.0 Å². The maximum absolute atomic E-state index is 13.7. The Labute approximate surface area is 193 Å². The van der Waals surface area contributed by atoms with Crippen molar-refractivity contribution in [2.24, 2.45) is 5.41 Å². The summed E-state index contributed by atoms with van der Waals surface area (Å²) in [5.41, 5.74) is 3.42. The van der Waals surface area contributed by atoms with Gasteiger partial charge in [-0.05, 0) is 91.7 Å². The Morgan fingerprint density at radius 2 is 1.76 bits per heavy atom. The van der Waals surface area contributed by atoms with Crippen molar-refractivity contribution in [2.45, 2.75) is 31.7 Å². The second-order valence-corrected chi connectivity index (χ2v) is 9.55. The molecule has 1 atom stereocenters. The molecular weight excluding hydrogens is 421 g/mol. The van der Waals surface area contributed by atoms with Crippen molar-refractivity contribution in [3.63, 3.8) is 0 Å². The van der Waals surface area contributed by atoms with E-state index >= 15 is 0 Å². The number of nitrogens with one attached hydrogen (secondary N) is 1. The average molecular weight is 452 g/mol. The number of methoxy groups -OCH3 is 1. The number of urea groups is 1. The zero-order valence-corrected chi connectivity index (χ0v) is 19.0. The minimum absolute atomic E-state index is 0.110. The lowest BCUT2D eigenvalue weighted by Crippen LogP contribution is -2.54. The fourth-order valence-corrected chi connectivity index (χ4v) is 5.61. The SMILES string of the molecule is COC(=O)c1ccc2c(c1)[C@H](c1ccc(F)cc1)N(C(=O)NCC13CCN(CC1)CC3)CC2. The number of nitrogens with zero attached hydrogens (tertiary/aromatic N) is 2. The average Bonchev–Trinajstić information content (AvgIpc) is 2.87. The second-order valence-electron chi connectivity index (χ2n) is 9.55. The molecule has 0 radical (unpaired) electrons. The van der Waals surface area contributed by atoms with E-state index in [1.165, 1.54) is 19.2 Å². The number of esters is 1. The van der Waals surface area contributed by atoms with Crippen LogP contribution in [0.15, 0.2) is 42.5 Å². The molecule has 0 saturated carbocycles. The van der Waals surface area contributed by atoms with Gasteiger partial charge in [0.2, 0.25) is 0 Å². The lowest BCUT2D eigenvalue weighted by atomic mass is 9.72. The quantitative estimate of drug-likeness (QED) is 0.720. The molecule has 33 heavy (non-hydrogen) atoms. The van der Waals surface area contributed by atoms with E-state index in [0.29, 0.717) is 25.1 Å². The fraction of sp³-hybridized carbons (Fsp3) is 0.462. The van der Waals surface area contributed by atoms with Crippen LogP contribution in [0.5, 0.6) is 0 Å². The van der Waals surface area contributed by atoms with Crippen LogP contribution in [0.25, 0.3) is 0 Å². The summed E-state index contributed by atoms with van der Waals surface area (Å²) < 4.78 is 18.6. The molecule has 1 N–H and O–H groups in total. The van der Waals surface area contributed by atoms with Gasteiger partial charge in [-0.15, -0.1) is 0 Å². The minimum Gasteiger partial charge on any atom is -0.465 e. The lowest BCUT2D eigenvalue weighted by molar-refractivity contribution is 0.0272. The Morgan fingerprint density at radius 1 is 1.06 bits per heavy atom. The van der Waals surface area contributed by atoms with Gasteiger partial charge in [0.05, 0.1) is 18.7 Å². The number of hydrogen-bond acceptors (Lipinski definition) is 4. The standard InChI is InChI=1S/C26H30FN3O3/c1-33-24(31)20-3-2-18-8-12-30(23(22(18)16-20)19-4-6-21(27)7-5-19)25(32)28-17-26-9-13-29(14-10-26)15-11-26/h2-7,16,23H,8-15,17H2,1H3,(H,28,32)/t23-/m0/s1. The molecule has 7 heteroatoms. The summed E-state index contributed by atoms with van der Waals surface area (Å²) in [5.74, 6) is -0.739. The zero-order chi connectivity index (χ0) is 23.0. The molecule has 2 bridgehead atoms. The minimum atomic E-state index is -0.417. The van der Waals surface area contributed by atoms with Crippen LogP contribution < -0.4 is 5.32 Å². The number of halogens is 1. The molecule has 0 aromatic heterocycles. The van der Waals surface area contributed by atoms with Gasteiger partial charge in [0, 0.05) is 13.1 Å². The monoisotopic (exact) mass is 451 g/mol. The van der Waals surface area contributed by atoms with E-state index in [9.17, 15) is 14.0 Å². The van der Waals surface area contributed by atoms with Crippen LogP contribution >= 0.6 is 0 Å². The number of rotatable bonds is 4. The molecule has 3 fully saturated rings. The first kappa shape index (κ1) is 21.9. The molecule has 3 saturated heterocycles. The van der Waals surface area contributed by atoms with Gasteiger partial charge >= 0.3 is 12.0 Å². The smallest absolute Gasteiger partial charge is 0.337 e. The van der Waals surface area contributed by atoms with Crippen molar-refractivity contribution < 1.29 is 18.7 Å². The summed E-state index contributed by atoms with van der Waals surface area (Å²) in [6.45, 7) is 4.57. The third kappa shape index (κ3) is 4.22. The Kier molecular flexibility index (Phi) is 5.83. The number of ether oxygens (including phenoxy) is 1. The number of amides is 2. The summed E-state index contributed by atoms with van der Waals surface area (Å²) in [4.78, 5) is 30.0. The second kappa shape index (κ2) is 8.78. The van der Waals surface area contributed by atoms with Gasteiger partial charge in [0.1, 0.15) is 5.82 Å². The normalized spacial score (nSPS) is 25.9. The number of hydrogen-bond donors (Lipinski definition) is 1. The molecule has 4 aliphatic heterocycles. The van der Waals surface area contributed by atoms with Gasteiger partial charge in [-0.25, -0.2) is 14.0 Å². The molecule has 6 rings (SSSR count). The van der Waals surface area contributed by atoms with Crippen LogP contribution in [-0.4, -0.2) is 61.6 Å². The molecule has 6 nitrogen and oxygen atoms in total. The van der Waals surface area contributed by atoms with Crippen molar-refractivity contribution in [2.75, 3.05) is 39.8 Å². The summed E-state index contributed by atoms with van der Waals surface area (Å²) in [7, 11) is 1.36. The van der Waals surface area contributed by atoms with Crippen LogP contribution in [0.4, 0.5) is 9.18 Å². The van der Waals surface area contributed by atoms with Gasteiger partial charge in [-0.1, -0.05) is 18.2 Å². The van der Waals surface area contributed by atoms with Crippen LogP contribution in [0.2, 0.25) is 0 Å². The Bertz CT molecular complexity index is 1030. The Balaban J connectivity index is 1.44. The first-order valence-electron chi connectivity index (χ1n) is 11.7. The van der Waals surface area contributed by atoms with Crippen LogP contribution in [0, 0.1) is 11.2 Å². The highest BCUT2D eigenvalue weighted by molar-refractivity contribution is 5.90. The molecule has 0 spiro atoms. The molecular formula is C26H30FN3O3. The highest BCUT2D eigenvalue weighted by Crippen LogP contribution is 2.40. The van der Waals surface area contributed by atoms with Crippen molar-refractivity contribution in [1.82, 2.24) is 15.1 Å². The van der Waals surface area contributed by atoms with Gasteiger partial charge in [0.25, 0.3) is 0 Å². The number of fused-ring (bicyclic) bond motifs is 4. The molecule has 2 amide bonds. The largest absolute Gasteiger partial charge is 0.465 e. The number of carbonyl (C=O) groups excluding carboxylic acids is 2. The van der Waals surface area contributed by atoms with Crippen molar-refractivity contribution in [3.05, 3.63) is 70.5 Å². The van der Waals surface area contributed by atoms with E-state index in [0.717, 1.165) is 55.6 Å². The van der Waals surface area contributed by atoms with E-state index in [-0.39, 0.29) is 17.3 Å². The Hall–Kier alpha value is -2.93. The summed E-state index contributed by atoms with van der Waals surface area (Å²) >= 11 is 0. The molecule has 2 aromatic carbocycles. The molecule has 0 aliphatic carbocycles. The Morgan fingerprint density at radius 3 is 2.42 bits per heavy atom.